The minimum absolute atomic E-state index is 0.0764. The van der Waals surface area contributed by atoms with E-state index in [1.165, 1.54) is 18.2 Å². The number of nitrogens with zero attached hydrogens (tertiary/aromatic N) is 1. The van der Waals surface area contributed by atoms with Crippen LogP contribution in [0.15, 0.2) is 24.3 Å². The molecule has 1 aliphatic heterocycles. The lowest BCUT2D eigenvalue weighted by Gasteiger charge is -2.23. The lowest BCUT2D eigenvalue weighted by Crippen LogP contribution is -2.56. The minimum atomic E-state index is -0.544. The number of piperazine rings is 1. The van der Waals surface area contributed by atoms with Gasteiger partial charge in [-0.1, -0.05) is 6.07 Å². The summed E-state index contributed by atoms with van der Waals surface area (Å²) in [5.74, 6) is -0.514. The predicted molar refractivity (Wildman–Crippen MR) is 66.5 cm³/mol. The van der Waals surface area contributed by atoms with Gasteiger partial charge in [-0.25, -0.2) is 0 Å². The topological polar surface area (TPSA) is 113 Å². The summed E-state index contributed by atoms with van der Waals surface area (Å²) < 4.78 is 0. The number of nitro benzene ring substituents is 1. The Bertz CT molecular complexity index is 521. The molecule has 0 saturated carbocycles. The van der Waals surface area contributed by atoms with E-state index in [0.717, 1.165) is 0 Å². The Kier molecular flexibility index (Phi) is 3.71. The van der Waals surface area contributed by atoms with Gasteiger partial charge < -0.3 is 10.6 Å². The van der Waals surface area contributed by atoms with Crippen LogP contribution in [0.25, 0.3) is 0 Å². The quantitative estimate of drug-likeness (QED) is 0.508. The predicted octanol–water partition coefficient (Wildman–Crippen LogP) is -0.379. The van der Waals surface area contributed by atoms with Crippen molar-refractivity contribution in [1.82, 2.24) is 10.6 Å². The van der Waals surface area contributed by atoms with Gasteiger partial charge >= 0.3 is 0 Å². The molecule has 100 valence electrons. The summed E-state index contributed by atoms with van der Waals surface area (Å²) in [7, 11) is 0. The molecule has 19 heavy (non-hydrogen) atoms. The van der Waals surface area contributed by atoms with Gasteiger partial charge in [0.05, 0.1) is 11.5 Å². The Labute approximate surface area is 108 Å². The highest BCUT2D eigenvalue weighted by molar-refractivity contribution is 5.96. The number of anilines is 1. The van der Waals surface area contributed by atoms with Gasteiger partial charge in [-0.05, 0) is 6.07 Å². The summed E-state index contributed by atoms with van der Waals surface area (Å²) in [5.41, 5.74) is 0.251. The molecule has 1 saturated heterocycles. The molecule has 1 fully saturated rings. The fraction of sp³-hybridized carbons (Fsp3) is 0.273. The first kappa shape index (κ1) is 13.0. The van der Waals surface area contributed by atoms with Crippen LogP contribution in [0.2, 0.25) is 0 Å². The number of nitro groups is 1. The Morgan fingerprint density at radius 3 is 2.89 bits per heavy atom. The second-order valence-electron chi connectivity index (χ2n) is 4.03. The molecule has 0 bridgehead atoms. The average molecular weight is 264 g/mol. The second-order valence-corrected chi connectivity index (χ2v) is 4.03. The number of carbonyl (C=O) groups excluding carboxylic acids is 2. The van der Waals surface area contributed by atoms with Gasteiger partial charge in [-0.3, -0.25) is 25.0 Å². The highest BCUT2D eigenvalue weighted by atomic mass is 16.6. The van der Waals surface area contributed by atoms with Gasteiger partial charge in [0.1, 0.15) is 6.04 Å². The Hall–Kier alpha value is -2.48. The number of nitrogens with one attached hydrogen (secondary N) is 3. The molecule has 2 rings (SSSR count). The van der Waals surface area contributed by atoms with Gasteiger partial charge in [0, 0.05) is 24.4 Å². The molecule has 8 nitrogen and oxygen atoms in total. The maximum atomic E-state index is 11.9. The molecule has 1 atom stereocenters. The van der Waals surface area contributed by atoms with Crippen molar-refractivity contribution in [2.24, 2.45) is 0 Å². The Morgan fingerprint density at radius 1 is 1.47 bits per heavy atom. The SMILES string of the molecule is O=C1CNC(C(=O)Nc2cccc([N+](=O)[O-])c2)CN1. The van der Waals surface area contributed by atoms with Crippen molar-refractivity contribution in [3.05, 3.63) is 34.4 Å². The molecule has 0 spiro atoms. The van der Waals surface area contributed by atoms with E-state index in [9.17, 15) is 19.7 Å². The summed E-state index contributed by atoms with van der Waals surface area (Å²) in [4.78, 5) is 32.9. The fourth-order valence-electron chi connectivity index (χ4n) is 1.68. The van der Waals surface area contributed by atoms with Crippen LogP contribution >= 0.6 is 0 Å². The van der Waals surface area contributed by atoms with Crippen LogP contribution < -0.4 is 16.0 Å². The molecule has 3 N–H and O–H groups in total. The van der Waals surface area contributed by atoms with Crippen LogP contribution in [0.5, 0.6) is 0 Å². The number of hydrogen-bond acceptors (Lipinski definition) is 5. The van der Waals surface area contributed by atoms with E-state index < -0.39 is 11.0 Å². The monoisotopic (exact) mass is 264 g/mol. The lowest BCUT2D eigenvalue weighted by molar-refractivity contribution is -0.384. The van der Waals surface area contributed by atoms with E-state index in [-0.39, 0.29) is 30.6 Å². The number of non-ortho nitro benzene ring substituents is 1. The van der Waals surface area contributed by atoms with Crippen molar-refractivity contribution in [2.75, 3.05) is 18.4 Å². The Morgan fingerprint density at radius 2 is 2.26 bits per heavy atom. The first-order valence-electron chi connectivity index (χ1n) is 5.61. The molecule has 2 amide bonds. The van der Waals surface area contributed by atoms with E-state index in [0.29, 0.717) is 5.69 Å². The largest absolute Gasteiger partial charge is 0.353 e. The fourth-order valence-corrected chi connectivity index (χ4v) is 1.68. The zero-order valence-electron chi connectivity index (χ0n) is 9.88. The summed E-state index contributed by atoms with van der Waals surface area (Å²) in [6.45, 7) is 0.270. The molecule has 1 heterocycles. The number of amides is 2. The first-order chi connectivity index (χ1) is 9.06. The molecule has 0 aromatic heterocycles. The second kappa shape index (κ2) is 5.44. The van der Waals surface area contributed by atoms with Crippen LogP contribution in [0.1, 0.15) is 0 Å². The van der Waals surface area contributed by atoms with Crippen LogP contribution in [0.3, 0.4) is 0 Å². The van der Waals surface area contributed by atoms with Crippen molar-refractivity contribution >= 4 is 23.2 Å². The normalized spacial score (nSPS) is 18.5. The average Bonchev–Trinajstić information content (AvgIpc) is 2.39. The Balaban J connectivity index is 2.00. The van der Waals surface area contributed by atoms with Crippen LogP contribution in [-0.4, -0.2) is 35.9 Å². The van der Waals surface area contributed by atoms with E-state index in [2.05, 4.69) is 16.0 Å². The third-order valence-electron chi connectivity index (χ3n) is 2.65. The van der Waals surface area contributed by atoms with Gasteiger partial charge in [0.15, 0.2) is 0 Å². The summed E-state index contributed by atoms with van der Waals surface area (Å²) >= 11 is 0. The van der Waals surface area contributed by atoms with Crippen molar-refractivity contribution in [2.45, 2.75) is 6.04 Å². The number of benzene rings is 1. The highest BCUT2D eigenvalue weighted by Crippen LogP contribution is 2.17. The lowest BCUT2D eigenvalue weighted by atomic mass is 10.2. The van der Waals surface area contributed by atoms with Crippen LogP contribution in [0, 0.1) is 10.1 Å². The molecular weight excluding hydrogens is 252 g/mol. The molecule has 1 aromatic carbocycles. The maximum absolute atomic E-state index is 11.9. The summed E-state index contributed by atoms with van der Waals surface area (Å²) in [6.07, 6.45) is 0. The van der Waals surface area contributed by atoms with Gasteiger partial charge in [-0.15, -0.1) is 0 Å². The van der Waals surface area contributed by atoms with E-state index in [4.69, 9.17) is 0 Å². The highest BCUT2D eigenvalue weighted by Gasteiger charge is 2.23. The maximum Gasteiger partial charge on any atom is 0.271 e. The first-order valence-corrected chi connectivity index (χ1v) is 5.61. The van der Waals surface area contributed by atoms with Crippen molar-refractivity contribution in [1.29, 1.82) is 0 Å². The third-order valence-corrected chi connectivity index (χ3v) is 2.65. The summed E-state index contributed by atoms with van der Waals surface area (Å²) in [5, 5.41) is 18.5. The van der Waals surface area contributed by atoms with Crippen LogP contribution in [0.4, 0.5) is 11.4 Å². The van der Waals surface area contributed by atoms with Crippen molar-refractivity contribution in [3.8, 4) is 0 Å². The van der Waals surface area contributed by atoms with Crippen molar-refractivity contribution in [3.63, 3.8) is 0 Å². The smallest absolute Gasteiger partial charge is 0.271 e. The third kappa shape index (κ3) is 3.26. The standard InChI is InChI=1S/C11H12N4O4/c16-10-6-12-9(5-13-10)11(17)14-7-2-1-3-8(4-7)15(18)19/h1-4,9,12H,5-6H2,(H,13,16)(H,14,17). The molecule has 1 aliphatic rings. The summed E-state index contributed by atoms with van der Waals surface area (Å²) in [6, 6.07) is 5.13. The minimum Gasteiger partial charge on any atom is -0.353 e. The van der Waals surface area contributed by atoms with E-state index >= 15 is 0 Å². The number of hydrogen-bond donors (Lipinski definition) is 3. The molecule has 8 heteroatoms. The van der Waals surface area contributed by atoms with Crippen LogP contribution in [-0.2, 0) is 9.59 Å². The molecule has 0 radical (unpaired) electrons. The molecule has 1 aromatic rings. The van der Waals surface area contributed by atoms with Gasteiger partial charge in [-0.2, -0.15) is 0 Å². The van der Waals surface area contributed by atoms with Gasteiger partial charge in [0.25, 0.3) is 5.69 Å². The molecule has 1 unspecified atom stereocenters. The van der Waals surface area contributed by atoms with E-state index in [1.54, 1.807) is 6.07 Å². The van der Waals surface area contributed by atoms with Gasteiger partial charge in [0.2, 0.25) is 11.8 Å². The zero-order valence-corrected chi connectivity index (χ0v) is 9.88. The van der Waals surface area contributed by atoms with E-state index in [1.807, 2.05) is 0 Å². The molecule has 0 aliphatic carbocycles. The number of rotatable bonds is 3. The van der Waals surface area contributed by atoms with Crippen molar-refractivity contribution < 1.29 is 14.5 Å². The molecular formula is C11H12N4O4. The number of carbonyl (C=O) groups is 2. The zero-order chi connectivity index (χ0) is 13.8.